The van der Waals surface area contributed by atoms with E-state index in [4.69, 9.17) is 52.1 Å². The average Bonchev–Trinajstić information content (AvgIpc) is 3.87. The van der Waals surface area contributed by atoms with Gasteiger partial charge in [0.15, 0.2) is 18.5 Å². The summed E-state index contributed by atoms with van der Waals surface area (Å²) in [5, 5.41) is 0. The van der Waals surface area contributed by atoms with E-state index in [1.807, 2.05) is 91.0 Å². The molecule has 7 aromatic rings. The maximum Gasteiger partial charge on any atom is 0.338 e. The molecule has 0 aromatic heterocycles. The molecular weight excluding hydrogens is 985 g/mol. The van der Waals surface area contributed by atoms with Gasteiger partial charge < -0.3 is 52.1 Å². The third-order valence-electron chi connectivity index (χ3n) is 12.9. The van der Waals surface area contributed by atoms with Gasteiger partial charge in [-0.3, -0.25) is 0 Å². The lowest BCUT2D eigenvalue weighted by Gasteiger charge is -2.48. The molecule has 2 fully saturated rings. The van der Waals surface area contributed by atoms with Gasteiger partial charge in [0.2, 0.25) is 5.79 Å². The van der Waals surface area contributed by atoms with Crippen molar-refractivity contribution in [2.45, 2.75) is 74.6 Å². The Morgan fingerprint density at radius 3 is 1.32 bits per heavy atom. The third-order valence-corrected chi connectivity index (χ3v) is 12.9. The molecule has 2 aliphatic heterocycles. The summed E-state index contributed by atoms with van der Waals surface area (Å²) in [4.78, 5) is 57.0. The van der Waals surface area contributed by atoms with E-state index >= 15 is 0 Å². The van der Waals surface area contributed by atoms with Crippen molar-refractivity contribution in [3.05, 3.63) is 251 Å². The van der Waals surface area contributed by atoms with Gasteiger partial charge in [0.25, 0.3) is 0 Å². The molecule has 77 heavy (non-hydrogen) atoms. The zero-order valence-electron chi connectivity index (χ0n) is 42.2. The summed E-state index contributed by atoms with van der Waals surface area (Å²) in [6.45, 7) is -1.25. The van der Waals surface area contributed by atoms with Crippen LogP contribution < -0.4 is 0 Å². The van der Waals surface area contributed by atoms with Gasteiger partial charge in [-0.1, -0.05) is 164 Å². The summed E-state index contributed by atoms with van der Waals surface area (Å²) in [5.74, 6) is -5.70. The summed E-state index contributed by atoms with van der Waals surface area (Å²) in [5.41, 5.74) is 3.17. The summed E-state index contributed by atoms with van der Waals surface area (Å²) < 4.78 is 72.4. The highest BCUT2D eigenvalue weighted by atomic mass is 16.8. The van der Waals surface area contributed by atoms with Gasteiger partial charge in [0.05, 0.1) is 48.7 Å². The van der Waals surface area contributed by atoms with Crippen molar-refractivity contribution in [1.82, 2.24) is 0 Å². The van der Waals surface area contributed by atoms with Gasteiger partial charge in [0, 0.05) is 7.11 Å². The van der Waals surface area contributed by atoms with E-state index in [0.717, 1.165) is 16.7 Å². The first kappa shape index (κ1) is 53.9. The zero-order chi connectivity index (χ0) is 53.2. The first-order valence-corrected chi connectivity index (χ1v) is 25.2. The molecule has 2 aliphatic rings. The number of ether oxygens (including phenoxy) is 11. The maximum atomic E-state index is 14.6. The largest absolute Gasteiger partial charge is 0.459 e. The molecule has 0 spiro atoms. The molecule has 0 bridgehead atoms. The number of rotatable bonds is 23. The molecule has 0 radical (unpaired) electrons. The Kier molecular flexibility index (Phi) is 18.7. The lowest BCUT2D eigenvalue weighted by atomic mass is 9.96. The molecule has 7 aromatic carbocycles. The van der Waals surface area contributed by atoms with Crippen LogP contribution in [0.1, 0.15) is 58.1 Å². The summed E-state index contributed by atoms with van der Waals surface area (Å²) in [6.07, 6.45) is -10.6. The first-order valence-electron chi connectivity index (χ1n) is 25.2. The minimum Gasteiger partial charge on any atom is -0.459 e. The van der Waals surface area contributed by atoms with Crippen molar-refractivity contribution in [3.8, 4) is 0 Å². The molecule has 0 aliphatic carbocycles. The molecule has 2 saturated heterocycles. The number of esters is 4. The molecule has 2 heterocycles. The van der Waals surface area contributed by atoms with Crippen molar-refractivity contribution in [2.24, 2.45) is 0 Å². The van der Waals surface area contributed by atoms with E-state index in [1.165, 1.54) is 7.11 Å². The Hall–Kier alpha value is -7.86. The standard InChI is InChI=1S/C62H58O15/c1-67-61-55(70-39-45-27-13-4-14-28-45)54(69-38-44-25-11-3-12-26-44)52(50(73-61)40-68-37-43-23-9-2-10-24-43)77-62(42-72-58(64)47-31-17-6-18-32-47)56(75-60(66)49-35-21-8-22-36-49)53(74-59(65)48-33-19-7-20-34-48)51(76-62)41-71-57(63)46-29-15-5-16-30-46/h2-36,50-56,61H,37-42H2,1H3/t50-,51-,52-,53-,54+,55-,56+,61+,62-/m1/s1. The van der Waals surface area contributed by atoms with Crippen molar-refractivity contribution in [2.75, 3.05) is 26.9 Å². The molecule has 9 rings (SSSR count). The van der Waals surface area contributed by atoms with Crippen LogP contribution in [0.15, 0.2) is 212 Å². The van der Waals surface area contributed by atoms with Crippen LogP contribution in [-0.2, 0) is 71.9 Å². The zero-order valence-corrected chi connectivity index (χ0v) is 42.2. The minimum atomic E-state index is -2.44. The number of methoxy groups -OCH3 is 1. The van der Waals surface area contributed by atoms with Gasteiger partial charge in [-0.15, -0.1) is 0 Å². The second kappa shape index (κ2) is 26.8. The molecule has 9 atom stereocenters. The number of carbonyl (C=O) groups is 4. The van der Waals surface area contributed by atoms with E-state index in [0.29, 0.717) is 0 Å². The molecule has 0 unspecified atom stereocenters. The van der Waals surface area contributed by atoms with E-state index in [2.05, 4.69) is 0 Å². The molecule has 15 heteroatoms. The summed E-state index contributed by atoms with van der Waals surface area (Å²) >= 11 is 0. The van der Waals surface area contributed by atoms with Crippen molar-refractivity contribution < 1.29 is 71.3 Å². The fourth-order valence-electron chi connectivity index (χ4n) is 9.01. The molecule has 0 saturated carbocycles. The van der Waals surface area contributed by atoms with Crippen LogP contribution in [0.25, 0.3) is 0 Å². The average molecular weight is 1040 g/mol. The van der Waals surface area contributed by atoms with E-state index < -0.39 is 91.9 Å². The van der Waals surface area contributed by atoms with Crippen molar-refractivity contribution in [3.63, 3.8) is 0 Å². The van der Waals surface area contributed by atoms with Crippen LogP contribution in [0.3, 0.4) is 0 Å². The van der Waals surface area contributed by atoms with Crippen molar-refractivity contribution in [1.29, 1.82) is 0 Å². The van der Waals surface area contributed by atoms with Crippen LogP contribution in [0.5, 0.6) is 0 Å². The monoisotopic (exact) mass is 1040 g/mol. The number of carbonyl (C=O) groups excluding carboxylic acids is 4. The Morgan fingerprint density at radius 2 is 0.844 bits per heavy atom. The smallest absolute Gasteiger partial charge is 0.338 e. The third kappa shape index (κ3) is 14.1. The van der Waals surface area contributed by atoms with Crippen LogP contribution in [-0.4, -0.2) is 106 Å². The molecule has 396 valence electrons. The number of hydrogen-bond acceptors (Lipinski definition) is 15. The lowest BCUT2D eigenvalue weighted by molar-refractivity contribution is -0.370. The van der Waals surface area contributed by atoms with Gasteiger partial charge >= 0.3 is 23.9 Å². The normalized spacial score (nSPS) is 22.8. The summed E-state index contributed by atoms with van der Waals surface area (Å²) in [6, 6.07) is 61.3. The van der Waals surface area contributed by atoms with Crippen molar-refractivity contribution >= 4 is 23.9 Å². The highest BCUT2D eigenvalue weighted by Gasteiger charge is 2.65. The lowest BCUT2D eigenvalue weighted by Crippen LogP contribution is -2.65. The number of hydrogen-bond donors (Lipinski definition) is 0. The highest BCUT2D eigenvalue weighted by Crippen LogP contribution is 2.43. The minimum absolute atomic E-state index is 0.0310. The molecule has 15 nitrogen and oxygen atoms in total. The SMILES string of the molecule is CO[C@H]1O[C@H](COCc2ccccc2)[C@@H](O[C@@]2(COC(=O)c3ccccc3)O[C@H](COC(=O)c3ccccc3)[C@@H](OC(=O)c3ccccc3)[C@@H]2OC(=O)c2ccccc2)[C@H](OCc2ccccc2)[C@H]1OCc1ccccc1. The Bertz CT molecular complexity index is 2940. The van der Waals surface area contributed by atoms with E-state index in [1.54, 1.807) is 121 Å². The first-order chi connectivity index (χ1) is 37.8. The quantitative estimate of drug-likeness (QED) is 0.0438. The Morgan fingerprint density at radius 1 is 0.429 bits per heavy atom. The van der Waals surface area contributed by atoms with Gasteiger partial charge in [0.1, 0.15) is 43.7 Å². The second-order valence-electron chi connectivity index (χ2n) is 18.2. The van der Waals surface area contributed by atoms with Gasteiger partial charge in [-0.2, -0.15) is 0 Å². The highest BCUT2D eigenvalue weighted by molar-refractivity contribution is 5.91. The number of benzene rings is 7. The van der Waals surface area contributed by atoms with Crippen LogP contribution in [0, 0.1) is 0 Å². The van der Waals surface area contributed by atoms with Crippen LogP contribution in [0.2, 0.25) is 0 Å². The molecule has 0 amide bonds. The van der Waals surface area contributed by atoms with E-state index in [-0.39, 0.29) is 48.7 Å². The molecule has 0 N–H and O–H groups in total. The van der Waals surface area contributed by atoms with Crippen LogP contribution in [0.4, 0.5) is 0 Å². The second-order valence-corrected chi connectivity index (χ2v) is 18.2. The molecular formula is C62H58O15. The predicted octanol–water partition coefficient (Wildman–Crippen LogP) is 9.39. The predicted molar refractivity (Wildman–Crippen MR) is 279 cm³/mol. The topological polar surface area (TPSA) is 170 Å². The van der Waals surface area contributed by atoms with E-state index in [9.17, 15) is 19.2 Å². The van der Waals surface area contributed by atoms with Gasteiger partial charge in [-0.05, 0) is 65.2 Å². The Labute approximate surface area is 446 Å². The van der Waals surface area contributed by atoms with Crippen LogP contribution >= 0.6 is 0 Å². The fraction of sp³-hybridized carbons (Fsp3) is 0.258. The Balaban J connectivity index is 1.19. The van der Waals surface area contributed by atoms with Gasteiger partial charge in [-0.25, -0.2) is 19.2 Å². The summed E-state index contributed by atoms with van der Waals surface area (Å²) in [7, 11) is 1.48. The fourth-order valence-corrected chi connectivity index (χ4v) is 9.01. The maximum absolute atomic E-state index is 14.6.